The lowest BCUT2D eigenvalue weighted by molar-refractivity contribution is 0.0516. The number of hydrogen-bond acceptors (Lipinski definition) is 9. The van der Waals surface area contributed by atoms with E-state index in [-0.39, 0.29) is 19.8 Å². The Morgan fingerprint density at radius 3 is 0.843 bits per heavy atom. The lowest BCUT2D eigenvalue weighted by Gasteiger charge is -2.17. The first-order valence-corrected chi connectivity index (χ1v) is 16.0. The van der Waals surface area contributed by atoms with Gasteiger partial charge in [0.25, 0.3) is 0 Å². The molecule has 0 atom stereocenters. The second-order valence-electron chi connectivity index (χ2n) is 10.4. The smallest absolute Gasteiger partial charge is 0.338 e. The Bertz CT molecular complexity index is 1810. The lowest BCUT2D eigenvalue weighted by atomic mass is 9.99. The molecule has 9 heteroatoms. The number of rotatable bonds is 9. The van der Waals surface area contributed by atoms with Crippen molar-refractivity contribution in [1.82, 2.24) is 0 Å². The summed E-state index contributed by atoms with van der Waals surface area (Å²) in [4.78, 5) is 36.4. The Balaban J connectivity index is 1.89. The molecule has 0 aliphatic carbocycles. The average molecular weight is 685 g/mol. The van der Waals surface area contributed by atoms with Crippen molar-refractivity contribution in [1.29, 1.82) is 0 Å². The fraction of sp³-hybridized carbons (Fsp3) is 0.214. The molecular formula is C42H36O9. The Kier molecular flexibility index (Phi) is 13.3. The van der Waals surface area contributed by atoms with Crippen LogP contribution in [0.3, 0.4) is 0 Å². The van der Waals surface area contributed by atoms with Gasteiger partial charge in [-0.2, -0.15) is 0 Å². The highest BCUT2D eigenvalue weighted by atomic mass is 16.5. The van der Waals surface area contributed by atoms with E-state index in [0.29, 0.717) is 67.3 Å². The minimum absolute atomic E-state index is 0.270. The molecule has 0 bridgehead atoms. The van der Waals surface area contributed by atoms with Crippen LogP contribution < -0.4 is 14.2 Å². The molecular weight excluding hydrogens is 648 g/mol. The molecule has 0 saturated carbocycles. The van der Waals surface area contributed by atoms with Gasteiger partial charge in [0.2, 0.25) is 0 Å². The van der Waals surface area contributed by atoms with Crippen molar-refractivity contribution >= 4 is 17.9 Å². The van der Waals surface area contributed by atoms with Gasteiger partial charge in [-0.05, 0) is 93.6 Å². The molecule has 9 nitrogen and oxygen atoms in total. The van der Waals surface area contributed by atoms with E-state index < -0.39 is 17.9 Å². The molecule has 0 aliphatic heterocycles. The maximum absolute atomic E-state index is 12.1. The van der Waals surface area contributed by atoms with E-state index in [1.807, 2.05) is 0 Å². The molecule has 4 aromatic rings. The zero-order chi connectivity index (χ0) is 36.8. The maximum Gasteiger partial charge on any atom is 0.338 e. The van der Waals surface area contributed by atoms with Gasteiger partial charge in [0.15, 0.2) is 17.2 Å². The summed E-state index contributed by atoms with van der Waals surface area (Å²) >= 11 is 0. The van der Waals surface area contributed by atoms with Crippen LogP contribution in [0.2, 0.25) is 0 Å². The van der Waals surface area contributed by atoms with Gasteiger partial charge in [-0.15, -0.1) is 0 Å². The van der Waals surface area contributed by atoms with Crippen molar-refractivity contribution in [2.75, 3.05) is 41.2 Å². The monoisotopic (exact) mass is 684 g/mol. The predicted molar refractivity (Wildman–Crippen MR) is 191 cm³/mol. The minimum atomic E-state index is -0.423. The third kappa shape index (κ3) is 9.29. The Morgan fingerprint density at radius 2 is 0.647 bits per heavy atom. The Labute approximate surface area is 297 Å². The highest BCUT2D eigenvalue weighted by molar-refractivity contribution is 5.90. The first-order valence-electron chi connectivity index (χ1n) is 16.0. The number of ether oxygens (including phenoxy) is 6. The highest BCUT2D eigenvalue weighted by Crippen LogP contribution is 2.42. The topological polar surface area (TPSA) is 107 Å². The molecule has 51 heavy (non-hydrogen) atoms. The Hall–Kier alpha value is -6.63. The summed E-state index contributed by atoms with van der Waals surface area (Å²) in [7, 11) is 4.47. The van der Waals surface area contributed by atoms with E-state index in [9.17, 15) is 14.4 Å². The zero-order valence-electron chi connectivity index (χ0n) is 29.2. The van der Waals surface area contributed by atoms with Crippen LogP contribution in [0.4, 0.5) is 0 Å². The van der Waals surface area contributed by atoms with Crippen LogP contribution in [0.5, 0.6) is 17.2 Å². The number of carbonyl (C=O) groups is 3. The van der Waals surface area contributed by atoms with Crippen molar-refractivity contribution in [3.63, 3.8) is 0 Å². The molecule has 0 heterocycles. The molecule has 4 rings (SSSR count). The van der Waals surface area contributed by atoms with E-state index in [0.717, 1.165) is 0 Å². The molecule has 4 aromatic carbocycles. The van der Waals surface area contributed by atoms with Gasteiger partial charge >= 0.3 is 17.9 Å². The van der Waals surface area contributed by atoms with Crippen LogP contribution in [-0.2, 0) is 14.2 Å². The number of carbonyl (C=O) groups excluding carboxylic acids is 3. The van der Waals surface area contributed by atoms with Crippen molar-refractivity contribution < 1.29 is 42.8 Å². The van der Waals surface area contributed by atoms with Crippen LogP contribution in [-0.4, -0.2) is 59.1 Å². The SMILES string of the molecule is CCOC(=O)c1ccc(C#Cc2c(OC)c(C#Cc3ccc(C(=O)OCC)cc3)c(OC)c(C#Cc3ccc(C(=O)OCC)cc3)c2OC)cc1. The molecule has 0 N–H and O–H groups in total. The molecule has 0 saturated heterocycles. The number of esters is 3. The molecule has 0 aromatic heterocycles. The third-order valence-electron chi connectivity index (χ3n) is 7.16. The predicted octanol–water partition coefficient (Wildman–Crippen LogP) is 6.44. The number of hydrogen-bond donors (Lipinski definition) is 0. The summed E-state index contributed by atoms with van der Waals surface area (Å²) in [6, 6.07) is 20.1. The molecule has 0 fully saturated rings. The van der Waals surface area contributed by atoms with Gasteiger partial charge in [0.05, 0.1) is 57.8 Å². The highest BCUT2D eigenvalue weighted by Gasteiger charge is 2.25. The number of methoxy groups -OCH3 is 3. The minimum Gasteiger partial charge on any atom is -0.494 e. The van der Waals surface area contributed by atoms with Gasteiger partial charge in [-0.25, -0.2) is 14.4 Å². The number of benzene rings is 4. The summed E-state index contributed by atoms with van der Waals surface area (Å²) in [6.07, 6.45) is 0. The van der Waals surface area contributed by atoms with Gasteiger partial charge in [0.1, 0.15) is 16.7 Å². The zero-order valence-corrected chi connectivity index (χ0v) is 29.2. The molecule has 0 radical (unpaired) electrons. The van der Waals surface area contributed by atoms with Crippen LogP contribution in [0.1, 0.15) is 85.2 Å². The van der Waals surface area contributed by atoms with Crippen molar-refractivity contribution in [2.45, 2.75) is 20.8 Å². The molecule has 0 amide bonds. The molecule has 0 aliphatic rings. The molecule has 0 unspecified atom stereocenters. The van der Waals surface area contributed by atoms with E-state index >= 15 is 0 Å². The second-order valence-corrected chi connectivity index (χ2v) is 10.4. The fourth-order valence-corrected chi connectivity index (χ4v) is 4.75. The van der Waals surface area contributed by atoms with E-state index in [1.165, 1.54) is 21.3 Å². The Morgan fingerprint density at radius 1 is 0.412 bits per heavy atom. The van der Waals surface area contributed by atoms with Gasteiger partial charge in [-0.1, -0.05) is 35.5 Å². The van der Waals surface area contributed by atoms with E-state index in [2.05, 4.69) is 35.5 Å². The summed E-state index contributed by atoms with van der Waals surface area (Å²) in [6.45, 7) is 6.04. The summed E-state index contributed by atoms with van der Waals surface area (Å²) in [5.74, 6) is 18.4. The molecule has 258 valence electrons. The van der Waals surface area contributed by atoms with Crippen LogP contribution in [0, 0.1) is 35.5 Å². The molecule has 0 spiro atoms. The van der Waals surface area contributed by atoms with Crippen molar-refractivity contribution in [2.24, 2.45) is 0 Å². The summed E-state index contributed by atoms with van der Waals surface area (Å²) in [5.41, 5.74) is 4.15. The van der Waals surface area contributed by atoms with Gasteiger partial charge < -0.3 is 28.4 Å². The second kappa shape index (κ2) is 18.2. The summed E-state index contributed by atoms with van der Waals surface area (Å²) in [5, 5.41) is 0. The standard InChI is InChI=1S/C42H36O9/c1-7-49-40(43)31-19-10-28(11-20-31)16-25-34-37(46-4)35(26-17-29-12-21-32(22-13-29)41(44)50-8-2)39(48-6)36(38(34)47-5)27-18-30-14-23-33(24-15-30)42(45)51-9-3/h10-15,19-24H,7-9H2,1-6H3. The van der Waals surface area contributed by atoms with Gasteiger partial charge in [-0.3, -0.25) is 0 Å². The quantitative estimate of drug-likeness (QED) is 0.112. The average Bonchev–Trinajstić information content (AvgIpc) is 3.15. The van der Waals surface area contributed by atoms with Gasteiger partial charge in [0, 0.05) is 16.7 Å². The van der Waals surface area contributed by atoms with Crippen LogP contribution >= 0.6 is 0 Å². The van der Waals surface area contributed by atoms with Crippen LogP contribution in [0.25, 0.3) is 0 Å². The van der Waals surface area contributed by atoms with Crippen molar-refractivity contribution in [3.8, 4) is 52.8 Å². The first-order chi connectivity index (χ1) is 24.8. The lowest BCUT2D eigenvalue weighted by Crippen LogP contribution is -2.04. The van der Waals surface area contributed by atoms with E-state index in [4.69, 9.17) is 28.4 Å². The third-order valence-corrected chi connectivity index (χ3v) is 7.16. The normalized spacial score (nSPS) is 9.76. The van der Waals surface area contributed by atoms with Crippen molar-refractivity contribution in [3.05, 3.63) is 123 Å². The maximum atomic E-state index is 12.1. The first kappa shape index (κ1) is 37.2. The summed E-state index contributed by atoms with van der Waals surface area (Å²) < 4.78 is 32.9. The van der Waals surface area contributed by atoms with Crippen LogP contribution in [0.15, 0.2) is 72.8 Å². The fourth-order valence-electron chi connectivity index (χ4n) is 4.75. The van der Waals surface area contributed by atoms with E-state index in [1.54, 1.807) is 93.6 Å². The largest absolute Gasteiger partial charge is 0.494 e.